The number of nitrogens with zero attached hydrogens (tertiary/aromatic N) is 1. The lowest BCUT2D eigenvalue weighted by molar-refractivity contribution is 0.0946. The zero-order valence-electron chi connectivity index (χ0n) is 11.7. The van der Waals surface area contributed by atoms with E-state index in [2.05, 4.69) is 15.3 Å². The highest BCUT2D eigenvalue weighted by atomic mass is 16.1. The third kappa shape index (κ3) is 2.72. The Hall–Kier alpha value is -2.82. The highest BCUT2D eigenvalue weighted by molar-refractivity contribution is 6.00. The topological polar surface area (TPSA) is 83.8 Å². The maximum Gasteiger partial charge on any atom is 0.268 e. The molecule has 0 saturated carbocycles. The van der Waals surface area contributed by atoms with Crippen LogP contribution in [0.25, 0.3) is 10.9 Å². The van der Waals surface area contributed by atoms with Gasteiger partial charge >= 0.3 is 0 Å². The van der Waals surface area contributed by atoms with Crippen LogP contribution in [0.5, 0.6) is 0 Å². The van der Waals surface area contributed by atoms with Gasteiger partial charge in [-0.05, 0) is 31.2 Å². The Labute approximate surface area is 122 Å². The van der Waals surface area contributed by atoms with Crippen molar-refractivity contribution < 1.29 is 4.79 Å². The van der Waals surface area contributed by atoms with Crippen LogP contribution in [0.15, 0.2) is 42.5 Å². The van der Waals surface area contributed by atoms with Crippen LogP contribution in [-0.4, -0.2) is 15.9 Å². The molecule has 1 aromatic carbocycles. The van der Waals surface area contributed by atoms with Gasteiger partial charge in [-0.1, -0.05) is 18.2 Å². The Balaban J connectivity index is 1.76. The van der Waals surface area contributed by atoms with Gasteiger partial charge in [0.25, 0.3) is 5.91 Å². The highest BCUT2D eigenvalue weighted by Crippen LogP contribution is 2.20. The summed E-state index contributed by atoms with van der Waals surface area (Å²) in [6.45, 7) is 2.32. The Bertz CT molecular complexity index is 807. The summed E-state index contributed by atoms with van der Waals surface area (Å²) in [6, 6.07) is 13.1. The standard InChI is InChI=1S/C16H16N4O/c1-10-4-2-6-12(19-10)9-18-16(21)14-8-11-5-3-7-13(17)15(11)20-14/h2-8,20H,9,17H2,1H3,(H,18,21). The van der Waals surface area contributed by atoms with Crippen molar-refractivity contribution in [3.05, 3.63) is 59.5 Å². The fourth-order valence-electron chi connectivity index (χ4n) is 2.27. The second-order valence-electron chi connectivity index (χ2n) is 4.95. The molecule has 0 aliphatic rings. The van der Waals surface area contributed by atoms with Gasteiger partial charge < -0.3 is 16.0 Å². The van der Waals surface area contributed by atoms with Gasteiger partial charge in [-0.25, -0.2) is 0 Å². The molecule has 21 heavy (non-hydrogen) atoms. The summed E-state index contributed by atoms with van der Waals surface area (Å²) < 4.78 is 0. The van der Waals surface area contributed by atoms with Gasteiger partial charge in [0.05, 0.1) is 23.4 Å². The number of anilines is 1. The Morgan fingerprint density at radius 1 is 1.29 bits per heavy atom. The Morgan fingerprint density at radius 3 is 2.86 bits per heavy atom. The molecule has 2 heterocycles. The predicted molar refractivity (Wildman–Crippen MR) is 82.9 cm³/mol. The summed E-state index contributed by atoms with van der Waals surface area (Å²) in [5.41, 5.74) is 9.56. The number of rotatable bonds is 3. The van der Waals surface area contributed by atoms with Gasteiger partial charge in [0.15, 0.2) is 0 Å². The first kappa shape index (κ1) is 13.2. The van der Waals surface area contributed by atoms with E-state index in [1.54, 1.807) is 12.1 Å². The minimum atomic E-state index is -0.172. The molecule has 0 aliphatic heterocycles. The van der Waals surface area contributed by atoms with Crippen LogP contribution in [-0.2, 0) is 6.54 Å². The number of H-pyrrole nitrogens is 1. The molecule has 0 spiro atoms. The van der Waals surface area contributed by atoms with E-state index in [0.29, 0.717) is 17.9 Å². The number of para-hydroxylation sites is 1. The van der Waals surface area contributed by atoms with Gasteiger partial charge in [0, 0.05) is 11.1 Å². The molecule has 1 amide bonds. The van der Waals surface area contributed by atoms with Crippen molar-refractivity contribution >= 4 is 22.5 Å². The second-order valence-corrected chi connectivity index (χ2v) is 4.95. The molecule has 106 valence electrons. The number of carbonyl (C=O) groups is 1. The molecule has 0 unspecified atom stereocenters. The van der Waals surface area contributed by atoms with Gasteiger partial charge in [0.2, 0.25) is 0 Å². The Kier molecular flexibility index (Phi) is 3.31. The average Bonchev–Trinajstić information content (AvgIpc) is 2.90. The van der Waals surface area contributed by atoms with Crippen molar-refractivity contribution in [2.75, 3.05) is 5.73 Å². The summed E-state index contributed by atoms with van der Waals surface area (Å²) in [4.78, 5) is 19.6. The van der Waals surface area contributed by atoms with Crippen LogP contribution in [0, 0.1) is 6.92 Å². The van der Waals surface area contributed by atoms with E-state index in [0.717, 1.165) is 22.3 Å². The normalized spacial score (nSPS) is 10.7. The number of hydrogen-bond donors (Lipinski definition) is 3. The Morgan fingerprint density at radius 2 is 2.10 bits per heavy atom. The summed E-state index contributed by atoms with van der Waals surface area (Å²) in [5, 5.41) is 3.77. The van der Waals surface area contributed by atoms with Gasteiger partial charge in [-0.2, -0.15) is 0 Å². The predicted octanol–water partition coefficient (Wildman–Crippen LogP) is 2.38. The number of nitrogen functional groups attached to an aromatic ring is 1. The van der Waals surface area contributed by atoms with E-state index in [1.807, 2.05) is 37.3 Å². The molecular weight excluding hydrogens is 264 g/mol. The molecule has 0 radical (unpaired) electrons. The number of nitrogens with two attached hydrogens (primary N) is 1. The number of aromatic amines is 1. The molecule has 0 saturated heterocycles. The molecule has 5 heteroatoms. The molecule has 5 nitrogen and oxygen atoms in total. The van der Waals surface area contributed by atoms with Crippen LogP contribution in [0.1, 0.15) is 21.9 Å². The average molecular weight is 280 g/mol. The molecule has 0 fully saturated rings. The first-order valence-corrected chi connectivity index (χ1v) is 6.71. The quantitative estimate of drug-likeness (QED) is 0.644. The smallest absolute Gasteiger partial charge is 0.268 e. The lowest BCUT2D eigenvalue weighted by Crippen LogP contribution is -2.23. The number of amides is 1. The van der Waals surface area contributed by atoms with Crippen LogP contribution < -0.4 is 11.1 Å². The van der Waals surface area contributed by atoms with E-state index in [4.69, 9.17) is 5.73 Å². The number of benzene rings is 1. The van der Waals surface area contributed by atoms with E-state index in [1.165, 1.54) is 0 Å². The summed E-state index contributed by atoms with van der Waals surface area (Å²) in [6.07, 6.45) is 0. The van der Waals surface area contributed by atoms with Gasteiger partial charge in [-0.3, -0.25) is 9.78 Å². The third-order valence-electron chi connectivity index (χ3n) is 3.31. The molecule has 0 aliphatic carbocycles. The monoisotopic (exact) mass is 280 g/mol. The van der Waals surface area contributed by atoms with E-state index < -0.39 is 0 Å². The van der Waals surface area contributed by atoms with Crippen LogP contribution in [0.2, 0.25) is 0 Å². The van der Waals surface area contributed by atoms with E-state index >= 15 is 0 Å². The van der Waals surface area contributed by atoms with Crippen molar-refractivity contribution in [1.29, 1.82) is 0 Å². The lowest BCUT2D eigenvalue weighted by atomic mass is 10.2. The number of carbonyl (C=O) groups excluding carboxylic acids is 1. The molecule has 2 aromatic heterocycles. The number of hydrogen-bond acceptors (Lipinski definition) is 3. The van der Waals surface area contributed by atoms with Gasteiger partial charge in [0.1, 0.15) is 5.69 Å². The number of nitrogens with one attached hydrogen (secondary N) is 2. The number of aryl methyl sites for hydroxylation is 1. The highest BCUT2D eigenvalue weighted by Gasteiger charge is 2.10. The second kappa shape index (κ2) is 5.28. The fourth-order valence-corrected chi connectivity index (χ4v) is 2.27. The number of pyridine rings is 1. The van der Waals surface area contributed by atoms with E-state index in [9.17, 15) is 4.79 Å². The minimum absolute atomic E-state index is 0.172. The van der Waals surface area contributed by atoms with Crippen molar-refractivity contribution in [3.63, 3.8) is 0 Å². The summed E-state index contributed by atoms with van der Waals surface area (Å²) >= 11 is 0. The van der Waals surface area contributed by atoms with E-state index in [-0.39, 0.29) is 5.91 Å². The maximum atomic E-state index is 12.2. The first-order valence-electron chi connectivity index (χ1n) is 6.71. The lowest BCUT2D eigenvalue weighted by Gasteiger charge is -2.04. The molecular formula is C16H16N4O. The molecule has 0 atom stereocenters. The van der Waals surface area contributed by atoms with Crippen molar-refractivity contribution in [1.82, 2.24) is 15.3 Å². The number of aromatic nitrogens is 2. The van der Waals surface area contributed by atoms with Crippen LogP contribution in [0.3, 0.4) is 0 Å². The fraction of sp³-hybridized carbons (Fsp3) is 0.125. The third-order valence-corrected chi connectivity index (χ3v) is 3.31. The van der Waals surface area contributed by atoms with Crippen LogP contribution in [0.4, 0.5) is 5.69 Å². The van der Waals surface area contributed by atoms with Crippen LogP contribution >= 0.6 is 0 Å². The number of fused-ring (bicyclic) bond motifs is 1. The van der Waals surface area contributed by atoms with Crippen molar-refractivity contribution in [2.45, 2.75) is 13.5 Å². The maximum absolute atomic E-state index is 12.2. The SMILES string of the molecule is Cc1cccc(CNC(=O)c2cc3cccc(N)c3[nH]2)n1. The molecule has 3 rings (SSSR count). The van der Waals surface area contributed by atoms with Crippen molar-refractivity contribution in [3.8, 4) is 0 Å². The zero-order chi connectivity index (χ0) is 14.8. The van der Waals surface area contributed by atoms with Crippen molar-refractivity contribution in [2.24, 2.45) is 0 Å². The summed E-state index contributed by atoms with van der Waals surface area (Å²) in [7, 11) is 0. The minimum Gasteiger partial charge on any atom is -0.397 e. The first-order chi connectivity index (χ1) is 10.1. The summed E-state index contributed by atoms with van der Waals surface area (Å²) in [5.74, 6) is -0.172. The molecule has 0 bridgehead atoms. The molecule has 4 N–H and O–H groups in total. The largest absolute Gasteiger partial charge is 0.397 e. The molecule has 3 aromatic rings. The zero-order valence-corrected chi connectivity index (χ0v) is 11.7. The van der Waals surface area contributed by atoms with Gasteiger partial charge in [-0.15, -0.1) is 0 Å².